The lowest BCUT2D eigenvalue weighted by molar-refractivity contribution is -0.0806. The fourth-order valence-corrected chi connectivity index (χ4v) is 3.09. The maximum Gasteiger partial charge on any atom is 0.0808 e. The van der Waals surface area contributed by atoms with Crippen LogP contribution in [0.1, 0.15) is 66.2 Å². The molecule has 0 radical (unpaired) electrons. The van der Waals surface area contributed by atoms with Crippen LogP contribution in [-0.4, -0.2) is 25.3 Å². The zero-order valence-corrected chi connectivity index (χ0v) is 12.9. The SMILES string of the molecule is CCNCC1(OCCCC(C)C)CCCC(C)C1. The Labute approximate surface area is 114 Å². The third kappa shape index (κ3) is 5.71. The predicted octanol–water partition coefficient (Wildman–Crippen LogP) is 4.00. The summed E-state index contributed by atoms with van der Waals surface area (Å²) in [6, 6.07) is 0. The maximum atomic E-state index is 6.33. The molecule has 0 aromatic heterocycles. The lowest BCUT2D eigenvalue weighted by atomic mass is 9.78. The van der Waals surface area contributed by atoms with Gasteiger partial charge in [0.25, 0.3) is 0 Å². The van der Waals surface area contributed by atoms with Gasteiger partial charge in [0.1, 0.15) is 0 Å². The molecule has 1 fully saturated rings. The summed E-state index contributed by atoms with van der Waals surface area (Å²) in [6.07, 6.45) is 7.68. The first-order valence-corrected chi connectivity index (χ1v) is 7.92. The molecule has 0 aliphatic heterocycles. The monoisotopic (exact) mass is 255 g/mol. The lowest BCUT2D eigenvalue weighted by Gasteiger charge is -2.40. The average Bonchev–Trinajstić information content (AvgIpc) is 2.32. The normalized spacial score (nSPS) is 28.8. The van der Waals surface area contributed by atoms with E-state index in [4.69, 9.17) is 4.74 Å². The maximum absolute atomic E-state index is 6.33. The van der Waals surface area contributed by atoms with E-state index in [0.29, 0.717) is 0 Å². The number of rotatable bonds is 8. The average molecular weight is 255 g/mol. The molecule has 108 valence electrons. The Bertz CT molecular complexity index is 217. The van der Waals surface area contributed by atoms with E-state index in [-0.39, 0.29) is 5.60 Å². The van der Waals surface area contributed by atoms with Crippen LogP contribution >= 0.6 is 0 Å². The summed E-state index contributed by atoms with van der Waals surface area (Å²) in [4.78, 5) is 0. The molecule has 1 N–H and O–H groups in total. The van der Waals surface area contributed by atoms with Crippen molar-refractivity contribution < 1.29 is 4.74 Å². The summed E-state index contributed by atoms with van der Waals surface area (Å²) < 4.78 is 6.33. The first-order valence-electron chi connectivity index (χ1n) is 7.92. The van der Waals surface area contributed by atoms with Crippen LogP contribution in [0.25, 0.3) is 0 Å². The van der Waals surface area contributed by atoms with Gasteiger partial charge in [-0.05, 0) is 44.1 Å². The summed E-state index contributed by atoms with van der Waals surface area (Å²) in [6.45, 7) is 12.2. The van der Waals surface area contributed by atoms with Crippen molar-refractivity contribution in [3.05, 3.63) is 0 Å². The molecule has 1 rings (SSSR count). The molecule has 18 heavy (non-hydrogen) atoms. The van der Waals surface area contributed by atoms with Crippen LogP contribution in [0.2, 0.25) is 0 Å². The lowest BCUT2D eigenvalue weighted by Crippen LogP contribution is -2.46. The van der Waals surface area contributed by atoms with Gasteiger partial charge in [-0.25, -0.2) is 0 Å². The molecule has 2 nitrogen and oxygen atoms in total. The van der Waals surface area contributed by atoms with Crippen molar-refractivity contribution in [3.63, 3.8) is 0 Å². The van der Waals surface area contributed by atoms with Crippen molar-refractivity contribution in [2.75, 3.05) is 19.7 Å². The van der Waals surface area contributed by atoms with Crippen LogP contribution in [0.5, 0.6) is 0 Å². The highest BCUT2D eigenvalue weighted by molar-refractivity contribution is 4.89. The third-order valence-corrected chi connectivity index (χ3v) is 4.08. The number of hydrogen-bond donors (Lipinski definition) is 1. The molecule has 0 aromatic rings. The van der Waals surface area contributed by atoms with Gasteiger partial charge in [-0.1, -0.05) is 40.5 Å². The highest BCUT2D eigenvalue weighted by Crippen LogP contribution is 2.35. The second kappa shape index (κ2) is 8.16. The molecule has 2 unspecified atom stereocenters. The molecule has 0 amide bonds. The van der Waals surface area contributed by atoms with E-state index in [0.717, 1.165) is 31.5 Å². The summed E-state index contributed by atoms with van der Waals surface area (Å²) in [5.41, 5.74) is 0.130. The minimum Gasteiger partial charge on any atom is -0.374 e. The Kier molecular flexibility index (Phi) is 7.25. The Morgan fingerprint density at radius 1 is 1.39 bits per heavy atom. The van der Waals surface area contributed by atoms with E-state index in [1.165, 1.54) is 38.5 Å². The largest absolute Gasteiger partial charge is 0.374 e. The Morgan fingerprint density at radius 2 is 2.17 bits per heavy atom. The second-order valence-electron chi connectivity index (χ2n) is 6.55. The second-order valence-corrected chi connectivity index (χ2v) is 6.55. The minimum atomic E-state index is 0.130. The minimum absolute atomic E-state index is 0.130. The quantitative estimate of drug-likeness (QED) is 0.662. The van der Waals surface area contributed by atoms with Gasteiger partial charge in [-0.3, -0.25) is 0 Å². The Hall–Kier alpha value is -0.0800. The van der Waals surface area contributed by atoms with Gasteiger partial charge in [0.2, 0.25) is 0 Å². The van der Waals surface area contributed by atoms with Crippen LogP contribution < -0.4 is 5.32 Å². The van der Waals surface area contributed by atoms with Crippen molar-refractivity contribution >= 4 is 0 Å². The van der Waals surface area contributed by atoms with Gasteiger partial charge in [0.15, 0.2) is 0 Å². The van der Waals surface area contributed by atoms with Gasteiger partial charge in [-0.15, -0.1) is 0 Å². The molecule has 0 aromatic carbocycles. The van der Waals surface area contributed by atoms with E-state index in [2.05, 4.69) is 33.0 Å². The zero-order chi connectivity index (χ0) is 13.4. The molecule has 1 aliphatic rings. The number of hydrogen-bond acceptors (Lipinski definition) is 2. The highest BCUT2D eigenvalue weighted by atomic mass is 16.5. The number of ether oxygens (including phenoxy) is 1. The molecule has 0 spiro atoms. The summed E-state index contributed by atoms with van der Waals surface area (Å²) in [7, 11) is 0. The first-order chi connectivity index (χ1) is 8.58. The van der Waals surface area contributed by atoms with Crippen LogP contribution in [0.15, 0.2) is 0 Å². The van der Waals surface area contributed by atoms with Crippen molar-refractivity contribution in [2.45, 2.75) is 71.8 Å². The molecule has 1 saturated carbocycles. The van der Waals surface area contributed by atoms with Gasteiger partial charge < -0.3 is 10.1 Å². The van der Waals surface area contributed by atoms with E-state index < -0.39 is 0 Å². The van der Waals surface area contributed by atoms with Crippen molar-refractivity contribution in [3.8, 4) is 0 Å². The molecule has 0 saturated heterocycles. The van der Waals surface area contributed by atoms with Gasteiger partial charge >= 0.3 is 0 Å². The molecule has 2 heteroatoms. The number of likely N-dealkylation sites (N-methyl/N-ethyl adjacent to an activating group) is 1. The van der Waals surface area contributed by atoms with Crippen LogP contribution in [0.3, 0.4) is 0 Å². The van der Waals surface area contributed by atoms with E-state index >= 15 is 0 Å². The van der Waals surface area contributed by atoms with Gasteiger partial charge in [0.05, 0.1) is 5.60 Å². The summed E-state index contributed by atoms with van der Waals surface area (Å²) in [5.74, 6) is 1.62. The summed E-state index contributed by atoms with van der Waals surface area (Å²) in [5, 5.41) is 3.50. The van der Waals surface area contributed by atoms with Gasteiger partial charge in [-0.2, -0.15) is 0 Å². The van der Waals surface area contributed by atoms with Crippen LogP contribution in [-0.2, 0) is 4.74 Å². The van der Waals surface area contributed by atoms with E-state index in [1.807, 2.05) is 0 Å². The molecular weight excluding hydrogens is 222 g/mol. The van der Waals surface area contributed by atoms with Crippen molar-refractivity contribution in [2.24, 2.45) is 11.8 Å². The van der Waals surface area contributed by atoms with Gasteiger partial charge in [0, 0.05) is 13.2 Å². The number of nitrogens with one attached hydrogen (secondary N) is 1. The molecule has 2 atom stereocenters. The fraction of sp³-hybridized carbons (Fsp3) is 1.00. The topological polar surface area (TPSA) is 21.3 Å². The van der Waals surface area contributed by atoms with Crippen LogP contribution in [0.4, 0.5) is 0 Å². The van der Waals surface area contributed by atoms with Crippen molar-refractivity contribution in [1.29, 1.82) is 0 Å². The first kappa shape index (κ1) is 16.0. The zero-order valence-electron chi connectivity index (χ0n) is 12.9. The molecule has 0 bridgehead atoms. The fourth-order valence-electron chi connectivity index (χ4n) is 3.09. The Morgan fingerprint density at radius 3 is 2.78 bits per heavy atom. The molecular formula is C16H33NO. The standard InChI is InChI=1S/C16H33NO/c1-5-17-13-16(10-6-9-15(4)12-16)18-11-7-8-14(2)3/h14-15,17H,5-13H2,1-4H3. The molecule has 1 aliphatic carbocycles. The Balaban J connectivity index is 2.39. The summed E-state index contributed by atoms with van der Waals surface area (Å²) >= 11 is 0. The smallest absolute Gasteiger partial charge is 0.0808 e. The van der Waals surface area contributed by atoms with Crippen molar-refractivity contribution in [1.82, 2.24) is 5.32 Å². The van der Waals surface area contributed by atoms with Crippen LogP contribution in [0, 0.1) is 11.8 Å². The van der Waals surface area contributed by atoms with E-state index in [1.54, 1.807) is 0 Å². The third-order valence-electron chi connectivity index (χ3n) is 4.08. The molecule has 0 heterocycles. The predicted molar refractivity (Wildman–Crippen MR) is 78.9 cm³/mol. The highest BCUT2D eigenvalue weighted by Gasteiger charge is 2.35. The van der Waals surface area contributed by atoms with E-state index in [9.17, 15) is 0 Å².